The Hall–Kier alpha value is -1.99. The van der Waals surface area contributed by atoms with Gasteiger partial charge in [-0.05, 0) is 18.1 Å². The number of hydrogen-bond acceptors (Lipinski definition) is 1. The van der Waals surface area contributed by atoms with Gasteiger partial charge in [-0.15, -0.1) is 0 Å². The van der Waals surface area contributed by atoms with Crippen molar-refractivity contribution in [2.45, 2.75) is 6.92 Å². The zero-order chi connectivity index (χ0) is 15.5. The van der Waals surface area contributed by atoms with Crippen molar-refractivity contribution in [1.29, 1.82) is 0 Å². The van der Waals surface area contributed by atoms with Crippen molar-refractivity contribution in [3.8, 4) is 0 Å². The van der Waals surface area contributed by atoms with Gasteiger partial charge in [0.2, 0.25) is 0 Å². The molecule has 0 bridgehead atoms. The average Bonchev–Trinajstić information content (AvgIpc) is 2.56. The molecule has 0 nitrogen and oxygen atoms in total. The van der Waals surface area contributed by atoms with Gasteiger partial charge in [0.1, 0.15) is 0 Å². The molecule has 0 amide bonds. The maximum Gasteiger partial charge on any atom is 0.0119 e. The standard InChI is InChI=1S/C21H22S/c1-19(18-21-13-6-3-7-14-21)10-8-16-22-17-9-15-20-11-4-2-5-12-20/h2-15,18H,16-17H2,1H3/b10-8+,15-9+,19-18+. The summed E-state index contributed by atoms with van der Waals surface area (Å²) in [5.41, 5.74) is 3.80. The second-order valence-electron chi connectivity index (χ2n) is 5.05. The maximum absolute atomic E-state index is 2.23. The molecule has 22 heavy (non-hydrogen) atoms. The lowest BCUT2D eigenvalue weighted by Gasteiger charge is -1.96. The third-order valence-corrected chi connectivity index (χ3v) is 3.97. The second-order valence-corrected chi connectivity index (χ2v) is 6.13. The number of rotatable bonds is 7. The summed E-state index contributed by atoms with van der Waals surface area (Å²) in [6.45, 7) is 2.14. The molecule has 0 saturated carbocycles. The molecule has 0 saturated heterocycles. The van der Waals surface area contributed by atoms with Gasteiger partial charge >= 0.3 is 0 Å². The average molecular weight is 306 g/mol. The Morgan fingerprint density at radius 3 is 2.09 bits per heavy atom. The van der Waals surface area contributed by atoms with E-state index in [9.17, 15) is 0 Å². The van der Waals surface area contributed by atoms with E-state index in [1.165, 1.54) is 16.7 Å². The normalized spacial score (nSPS) is 12.3. The summed E-state index contributed by atoms with van der Waals surface area (Å²) >= 11 is 1.92. The van der Waals surface area contributed by atoms with Crippen molar-refractivity contribution < 1.29 is 0 Å². The topological polar surface area (TPSA) is 0 Å². The Kier molecular flexibility index (Phi) is 7.34. The molecule has 112 valence electrons. The zero-order valence-electron chi connectivity index (χ0n) is 13.0. The van der Waals surface area contributed by atoms with Gasteiger partial charge in [0.25, 0.3) is 0 Å². The fourth-order valence-electron chi connectivity index (χ4n) is 2.05. The summed E-state index contributed by atoms with van der Waals surface area (Å²) in [6, 6.07) is 20.9. The van der Waals surface area contributed by atoms with E-state index in [0.717, 1.165) is 11.5 Å². The van der Waals surface area contributed by atoms with Gasteiger partial charge in [-0.25, -0.2) is 0 Å². The summed E-state index contributed by atoms with van der Waals surface area (Å²) < 4.78 is 0. The smallest absolute Gasteiger partial charge is 0.0119 e. The summed E-state index contributed by atoms with van der Waals surface area (Å²) in [5, 5.41) is 0. The molecule has 1 heteroatoms. The van der Waals surface area contributed by atoms with E-state index in [0.29, 0.717) is 0 Å². The molecule has 0 atom stereocenters. The predicted molar refractivity (Wildman–Crippen MR) is 102 cm³/mol. The summed E-state index contributed by atoms with van der Waals surface area (Å²) in [7, 11) is 0. The van der Waals surface area contributed by atoms with Crippen LogP contribution >= 0.6 is 11.8 Å². The molecule has 0 aromatic heterocycles. The Morgan fingerprint density at radius 2 is 1.41 bits per heavy atom. The largest absolute Gasteiger partial charge is 0.154 e. The fraction of sp³-hybridized carbons (Fsp3) is 0.143. The highest BCUT2D eigenvalue weighted by molar-refractivity contribution is 7.99. The second kappa shape index (κ2) is 9.86. The molecule has 0 N–H and O–H groups in total. The Balaban J connectivity index is 1.68. The Morgan fingerprint density at radius 1 is 0.818 bits per heavy atom. The summed E-state index contributed by atoms with van der Waals surface area (Å²) in [6.07, 6.45) is 11.0. The summed E-state index contributed by atoms with van der Waals surface area (Å²) in [4.78, 5) is 0. The van der Waals surface area contributed by atoms with Crippen LogP contribution in [0.5, 0.6) is 0 Å². The van der Waals surface area contributed by atoms with E-state index in [1.54, 1.807) is 0 Å². The van der Waals surface area contributed by atoms with E-state index in [4.69, 9.17) is 0 Å². The van der Waals surface area contributed by atoms with Gasteiger partial charge in [-0.1, -0.05) is 96.6 Å². The van der Waals surface area contributed by atoms with Gasteiger partial charge in [0.05, 0.1) is 0 Å². The van der Waals surface area contributed by atoms with Crippen LogP contribution in [-0.4, -0.2) is 11.5 Å². The molecule has 0 fully saturated rings. The van der Waals surface area contributed by atoms with Gasteiger partial charge in [0, 0.05) is 11.5 Å². The minimum absolute atomic E-state index is 1.04. The Bertz CT molecular complexity index is 621. The first-order valence-corrected chi connectivity index (χ1v) is 8.69. The molecule has 2 rings (SSSR count). The van der Waals surface area contributed by atoms with E-state index in [-0.39, 0.29) is 0 Å². The van der Waals surface area contributed by atoms with Crippen molar-refractivity contribution in [3.05, 3.63) is 95.6 Å². The highest BCUT2D eigenvalue weighted by Crippen LogP contribution is 2.09. The summed E-state index contributed by atoms with van der Waals surface area (Å²) in [5.74, 6) is 2.08. The van der Waals surface area contributed by atoms with Crippen LogP contribution in [0.1, 0.15) is 18.1 Å². The fourth-order valence-corrected chi connectivity index (χ4v) is 2.65. The molecule has 0 heterocycles. The first-order valence-electron chi connectivity index (χ1n) is 7.54. The minimum Gasteiger partial charge on any atom is -0.154 e. The van der Waals surface area contributed by atoms with Crippen LogP contribution in [0.2, 0.25) is 0 Å². The number of hydrogen-bond donors (Lipinski definition) is 0. The van der Waals surface area contributed by atoms with Crippen LogP contribution in [0.15, 0.2) is 84.5 Å². The van der Waals surface area contributed by atoms with Crippen LogP contribution < -0.4 is 0 Å². The zero-order valence-corrected chi connectivity index (χ0v) is 13.8. The maximum atomic E-state index is 2.23. The molecule has 0 unspecified atom stereocenters. The van der Waals surface area contributed by atoms with Crippen molar-refractivity contribution in [1.82, 2.24) is 0 Å². The molecule has 0 aliphatic carbocycles. The number of thioether (sulfide) groups is 1. The van der Waals surface area contributed by atoms with Crippen LogP contribution in [0.3, 0.4) is 0 Å². The lowest BCUT2D eigenvalue weighted by Crippen LogP contribution is -1.77. The van der Waals surface area contributed by atoms with Crippen LogP contribution in [0.4, 0.5) is 0 Å². The van der Waals surface area contributed by atoms with E-state index < -0.39 is 0 Å². The van der Waals surface area contributed by atoms with Crippen LogP contribution in [0.25, 0.3) is 12.2 Å². The Labute approximate surface area is 138 Å². The van der Waals surface area contributed by atoms with Gasteiger partial charge in [0.15, 0.2) is 0 Å². The highest BCUT2D eigenvalue weighted by atomic mass is 32.2. The number of allylic oxidation sites excluding steroid dienone is 2. The SMILES string of the molecule is CC(/C=C/CSC/C=C/c1ccccc1)=C\c1ccccc1. The lowest BCUT2D eigenvalue weighted by atomic mass is 10.1. The third kappa shape index (κ3) is 6.64. The lowest BCUT2D eigenvalue weighted by molar-refractivity contribution is 1.52. The molecular formula is C21H22S. The molecular weight excluding hydrogens is 284 g/mol. The minimum atomic E-state index is 1.04. The number of benzene rings is 2. The third-order valence-electron chi connectivity index (χ3n) is 3.11. The monoisotopic (exact) mass is 306 g/mol. The molecule has 0 aliphatic rings. The van der Waals surface area contributed by atoms with E-state index in [1.807, 2.05) is 23.9 Å². The van der Waals surface area contributed by atoms with Gasteiger partial charge < -0.3 is 0 Å². The first kappa shape index (κ1) is 16.4. The van der Waals surface area contributed by atoms with Crippen LogP contribution in [0, 0.1) is 0 Å². The van der Waals surface area contributed by atoms with Crippen molar-refractivity contribution in [3.63, 3.8) is 0 Å². The predicted octanol–water partition coefficient (Wildman–Crippen LogP) is 6.09. The molecule has 2 aromatic rings. The molecule has 0 aliphatic heterocycles. The van der Waals surface area contributed by atoms with E-state index in [2.05, 4.69) is 85.8 Å². The van der Waals surface area contributed by atoms with Gasteiger partial charge in [-0.2, -0.15) is 11.8 Å². The highest BCUT2D eigenvalue weighted by Gasteiger charge is 1.87. The van der Waals surface area contributed by atoms with Crippen molar-refractivity contribution in [2.75, 3.05) is 11.5 Å². The van der Waals surface area contributed by atoms with Crippen molar-refractivity contribution in [2.24, 2.45) is 0 Å². The molecule has 2 aromatic carbocycles. The molecule has 0 radical (unpaired) electrons. The van der Waals surface area contributed by atoms with Crippen LogP contribution in [-0.2, 0) is 0 Å². The van der Waals surface area contributed by atoms with Crippen molar-refractivity contribution >= 4 is 23.9 Å². The van der Waals surface area contributed by atoms with E-state index >= 15 is 0 Å². The van der Waals surface area contributed by atoms with Gasteiger partial charge in [-0.3, -0.25) is 0 Å². The molecule has 0 spiro atoms. The quantitative estimate of drug-likeness (QED) is 0.440. The first-order chi connectivity index (χ1) is 10.8.